The molecule has 0 aliphatic rings. The van der Waals surface area contributed by atoms with E-state index >= 15 is 0 Å². The Morgan fingerprint density at radius 1 is 1.64 bits per heavy atom. The fraction of sp³-hybridized carbons (Fsp3) is 0.857. The Labute approximate surface area is 66.1 Å². The minimum atomic E-state index is -0.727. The average Bonchev–Trinajstić information content (AvgIpc) is 1.88. The summed E-state index contributed by atoms with van der Waals surface area (Å²) in [6.45, 7) is 3.45. The van der Waals surface area contributed by atoms with Crippen molar-refractivity contribution in [2.24, 2.45) is 5.73 Å². The van der Waals surface area contributed by atoms with Gasteiger partial charge in [-0.1, -0.05) is 0 Å². The number of carbonyl (C=O) groups is 1. The number of hydrogen-bond donors (Lipinski definition) is 2. The van der Waals surface area contributed by atoms with Crippen molar-refractivity contribution in [1.29, 1.82) is 0 Å². The Hall–Kier alpha value is -0.640. The number of hydrogen-bond acceptors (Lipinski definition) is 2. The van der Waals surface area contributed by atoms with Gasteiger partial charge >= 0.3 is 0 Å². The van der Waals surface area contributed by atoms with Crippen LogP contribution in [-0.4, -0.2) is 24.7 Å². The van der Waals surface area contributed by atoms with Gasteiger partial charge in [0.1, 0.15) is 0 Å². The molecule has 0 saturated carbocycles. The van der Waals surface area contributed by atoms with E-state index in [1.807, 2.05) is 0 Å². The predicted octanol–water partition coefficient (Wildman–Crippen LogP) is 0.199. The largest absolute Gasteiger partial charge is 0.368 e. The Bertz CT molecular complexity index is 136. The third-order valence-electron chi connectivity index (χ3n) is 1.49. The van der Waals surface area contributed by atoms with E-state index in [0.717, 1.165) is 0 Å². The second kappa shape index (κ2) is 4.28. The van der Waals surface area contributed by atoms with E-state index in [0.29, 0.717) is 13.0 Å². The van der Waals surface area contributed by atoms with Crippen molar-refractivity contribution in [3.8, 4) is 0 Å². The highest BCUT2D eigenvalue weighted by Crippen LogP contribution is 1.99. The summed E-state index contributed by atoms with van der Waals surface area (Å²) in [5.74, 6) is -0.420. The minimum absolute atomic E-state index is 0.373. The van der Waals surface area contributed by atoms with Crippen LogP contribution in [-0.2, 0) is 4.79 Å². The van der Waals surface area contributed by atoms with Gasteiger partial charge < -0.3 is 11.1 Å². The molecule has 1 amide bonds. The summed E-state index contributed by atoms with van der Waals surface area (Å²) >= 11 is 0. The standard InChI is InChI=1S/C7H15FN2O/c1-7(2,6(9)11)10-5-3-4-8/h10H,3-5H2,1-2H3,(H2,9,11). The average molecular weight is 162 g/mol. The lowest BCUT2D eigenvalue weighted by atomic mass is 10.1. The van der Waals surface area contributed by atoms with Crippen molar-refractivity contribution < 1.29 is 9.18 Å². The lowest BCUT2D eigenvalue weighted by Gasteiger charge is -2.21. The number of alkyl halides is 1. The SMILES string of the molecule is CC(C)(NCCCF)C(N)=O. The van der Waals surface area contributed by atoms with E-state index in [2.05, 4.69) is 5.32 Å². The Morgan fingerprint density at radius 2 is 2.18 bits per heavy atom. The van der Waals surface area contributed by atoms with E-state index in [1.54, 1.807) is 13.8 Å². The number of primary amides is 1. The van der Waals surface area contributed by atoms with Crippen molar-refractivity contribution in [1.82, 2.24) is 5.32 Å². The van der Waals surface area contributed by atoms with Crippen LogP contribution in [0.1, 0.15) is 20.3 Å². The molecule has 11 heavy (non-hydrogen) atoms. The lowest BCUT2D eigenvalue weighted by molar-refractivity contribution is -0.123. The molecule has 4 heteroatoms. The predicted molar refractivity (Wildman–Crippen MR) is 41.9 cm³/mol. The van der Waals surface area contributed by atoms with Gasteiger partial charge in [0.05, 0.1) is 12.2 Å². The van der Waals surface area contributed by atoms with Crippen LogP contribution >= 0.6 is 0 Å². The van der Waals surface area contributed by atoms with Crippen LogP contribution in [0.3, 0.4) is 0 Å². The Morgan fingerprint density at radius 3 is 2.55 bits per heavy atom. The molecule has 0 fully saturated rings. The molecule has 0 radical (unpaired) electrons. The number of amides is 1. The van der Waals surface area contributed by atoms with Crippen LogP contribution in [0.2, 0.25) is 0 Å². The zero-order valence-electron chi connectivity index (χ0n) is 6.98. The van der Waals surface area contributed by atoms with Gasteiger partial charge in [-0.25, -0.2) is 0 Å². The number of rotatable bonds is 5. The highest BCUT2D eigenvalue weighted by atomic mass is 19.1. The van der Waals surface area contributed by atoms with Crippen molar-refractivity contribution in [2.75, 3.05) is 13.2 Å². The van der Waals surface area contributed by atoms with Gasteiger partial charge in [-0.2, -0.15) is 0 Å². The summed E-state index contributed by atoms with van der Waals surface area (Å²) in [6.07, 6.45) is 0.413. The maximum atomic E-state index is 11.6. The van der Waals surface area contributed by atoms with Gasteiger partial charge in [-0.15, -0.1) is 0 Å². The van der Waals surface area contributed by atoms with Crippen molar-refractivity contribution in [3.63, 3.8) is 0 Å². The summed E-state index contributed by atoms with van der Waals surface area (Å²) < 4.78 is 11.6. The van der Waals surface area contributed by atoms with Crippen molar-refractivity contribution in [2.45, 2.75) is 25.8 Å². The number of nitrogens with two attached hydrogens (primary N) is 1. The van der Waals surface area contributed by atoms with Crippen LogP contribution in [0.15, 0.2) is 0 Å². The third-order valence-corrected chi connectivity index (χ3v) is 1.49. The molecule has 0 bridgehead atoms. The molecule has 66 valence electrons. The molecule has 0 atom stereocenters. The van der Waals surface area contributed by atoms with Gasteiger partial charge in [-0.3, -0.25) is 9.18 Å². The highest BCUT2D eigenvalue weighted by molar-refractivity contribution is 5.83. The summed E-state index contributed by atoms with van der Waals surface area (Å²) in [4.78, 5) is 10.7. The smallest absolute Gasteiger partial charge is 0.237 e. The fourth-order valence-electron chi connectivity index (χ4n) is 0.555. The first-order valence-electron chi connectivity index (χ1n) is 3.61. The van der Waals surface area contributed by atoms with Crippen molar-refractivity contribution in [3.05, 3.63) is 0 Å². The normalized spacial score (nSPS) is 11.5. The quantitative estimate of drug-likeness (QED) is 0.567. The van der Waals surface area contributed by atoms with Crippen LogP contribution in [0.4, 0.5) is 4.39 Å². The zero-order chi connectivity index (χ0) is 8.91. The maximum Gasteiger partial charge on any atom is 0.237 e. The van der Waals surface area contributed by atoms with Crippen LogP contribution in [0.5, 0.6) is 0 Å². The molecular weight excluding hydrogens is 147 g/mol. The van der Waals surface area contributed by atoms with E-state index in [1.165, 1.54) is 0 Å². The second-order valence-corrected chi connectivity index (χ2v) is 2.96. The third kappa shape index (κ3) is 3.93. The molecule has 0 aliphatic carbocycles. The van der Waals surface area contributed by atoms with Crippen molar-refractivity contribution >= 4 is 5.91 Å². The first-order valence-corrected chi connectivity index (χ1v) is 3.61. The molecule has 0 unspecified atom stereocenters. The molecule has 3 N–H and O–H groups in total. The summed E-state index contributed by atoms with van der Waals surface area (Å²) in [7, 11) is 0. The van der Waals surface area contributed by atoms with Crippen LogP contribution in [0, 0.1) is 0 Å². The summed E-state index contributed by atoms with van der Waals surface area (Å²) in [5.41, 5.74) is 4.33. The molecule has 0 heterocycles. The van der Waals surface area contributed by atoms with Gasteiger partial charge in [0, 0.05) is 0 Å². The Balaban J connectivity index is 3.64. The van der Waals surface area contributed by atoms with Crippen LogP contribution < -0.4 is 11.1 Å². The van der Waals surface area contributed by atoms with Gasteiger partial charge in [0.2, 0.25) is 5.91 Å². The molecule has 3 nitrogen and oxygen atoms in total. The molecule has 0 saturated heterocycles. The lowest BCUT2D eigenvalue weighted by Crippen LogP contribution is -2.50. The highest BCUT2D eigenvalue weighted by Gasteiger charge is 2.22. The van der Waals surface area contributed by atoms with E-state index in [4.69, 9.17) is 5.73 Å². The molecule has 0 spiro atoms. The minimum Gasteiger partial charge on any atom is -0.368 e. The van der Waals surface area contributed by atoms with Gasteiger partial charge in [0.25, 0.3) is 0 Å². The number of halogens is 1. The molecule has 0 aliphatic heterocycles. The second-order valence-electron chi connectivity index (χ2n) is 2.96. The van der Waals surface area contributed by atoms with Gasteiger partial charge in [0.15, 0.2) is 0 Å². The molecular formula is C7H15FN2O. The number of nitrogens with one attached hydrogen (secondary N) is 1. The first-order chi connectivity index (χ1) is 5.00. The van der Waals surface area contributed by atoms with E-state index < -0.39 is 11.4 Å². The fourth-order valence-corrected chi connectivity index (χ4v) is 0.555. The molecule has 0 rings (SSSR count). The van der Waals surface area contributed by atoms with Crippen LogP contribution in [0.25, 0.3) is 0 Å². The van der Waals surface area contributed by atoms with E-state index in [9.17, 15) is 9.18 Å². The molecule has 0 aromatic heterocycles. The summed E-state index contributed by atoms with van der Waals surface area (Å²) in [5, 5.41) is 2.84. The number of carbonyl (C=O) groups excluding carboxylic acids is 1. The maximum absolute atomic E-state index is 11.6. The zero-order valence-corrected chi connectivity index (χ0v) is 6.98. The first kappa shape index (κ1) is 10.4. The van der Waals surface area contributed by atoms with Gasteiger partial charge in [-0.05, 0) is 26.8 Å². The molecule has 0 aromatic carbocycles. The topological polar surface area (TPSA) is 55.1 Å². The summed E-state index contributed by atoms with van der Waals surface area (Å²) in [6, 6.07) is 0. The monoisotopic (exact) mass is 162 g/mol. The van der Waals surface area contributed by atoms with E-state index in [-0.39, 0.29) is 6.67 Å². The Kier molecular flexibility index (Phi) is 4.03. The molecule has 0 aromatic rings.